The van der Waals surface area contributed by atoms with Crippen LogP contribution in [-0.2, 0) is 0 Å². The molecule has 1 aromatic rings. The predicted molar refractivity (Wildman–Crippen MR) is 54.6 cm³/mol. The van der Waals surface area contributed by atoms with Crippen molar-refractivity contribution in [2.24, 2.45) is 0 Å². The van der Waals surface area contributed by atoms with E-state index in [0.29, 0.717) is 5.76 Å². The van der Waals surface area contributed by atoms with E-state index in [1.807, 2.05) is 6.07 Å². The molecule has 0 saturated heterocycles. The Morgan fingerprint density at radius 2 is 2.43 bits per heavy atom. The summed E-state index contributed by atoms with van der Waals surface area (Å²) in [7, 11) is 0. The SMILES string of the molecule is CCCCCNC(C#N)c1ccco1. The van der Waals surface area contributed by atoms with Crippen molar-refractivity contribution in [3.8, 4) is 6.07 Å². The third kappa shape index (κ3) is 3.23. The predicted octanol–water partition coefficient (Wildman–Crippen LogP) is 2.62. The summed E-state index contributed by atoms with van der Waals surface area (Å²) in [5.74, 6) is 0.698. The van der Waals surface area contributed by atoms with Crippen LogP contribution in [0.5, 0.6) is 0 Å². The van der Waals surface area contributed by atoms with E-state index in [1.54, 1.807) is 12.3 Å². The average molecular weight is 192 g/mol. The fourth-order valence-corrected chi connectivity index (χ4v) is 1.29. The first-order valence-electron chi connectivity index (χ1n) is 5.05. The van der Waals surface area contributed by atoms with Gasteiger partial charge in [-0.05, 0) is 25.1 Å². The van der Waals surface area contributed by atoms with Crippen molar-refractivity contribution in [1.82, 2.24) is 5.32 Å². The molecule has 0 saturated carbocycles. The largest absolute Gasteiger partial charge is 0.467 e. The highest BCUT2D eigenvalue weighted by Gasteiger charge is 2.11. The number of nitrogens with one attached hydrogen (secondary N) is 1. The maximum atomic E-state index is 8.88. The number of hydrogen-bond acceptors (Lipinski definition) is 3. The van der Waals surface area contributed by atoms with Crippen molar-refractivity contribution in [1.29, 1.82) is 5.26 Å². The van der Waals surface area contributed by atoms with Gasteiger partial charge in [-0.1, -0.05) is 19.8 Å². The van der Waals surface area contributed by atoms with Crippen molar-refractivity contribution < 1.29 is 4.42 Å². The third-order valence-electron chi connectivity index (χ3n) is 2.09. The average Bonchev–Trinajstić information content (AvgIpc) is 2.71. The second-order valence-electron chi connectivity index (χ2n) is 3.24. The van der Waals surface area contributed by atoms with E-state index in [-0.39, 0.29) is 6.04 Å². The Bertz CT molecular complexity index is 274. The van der Waals surface area contributed by atoms with E-state index in [4.69, 9.17) is 9.68 Å². The number of unbranched alkanes of at least 4 members (excludes halogenated alkanes) is 2. The molecular weight excluding hydrogens is 176 g/mol. The topological polar surface area (TPSA) is 49.0 Å². The number of hydrogen-bond donors (Lipinski definition) is 1. The fraction of sp³-hybridized carbons (Fsp3) is 0.545. The first-order valence-corrected chi connectivity index (χ1v) is 5.05. The molecule has 3 nitrogen and oxygen atoms in total. The summed E-state index contributed by atoms with van der Waals surface area (Å²) in [6.45, 7) is 3.03. The number of rotatable bonds is 6. The summed E-state index contributed by atoms with van der Waals surface area (Å²) < 4.78 is 5.16. The van der Waals surface area contributed by atoms with Crippen molar-refractivity contribution in [3.63, 3.8) is 0 Å². The molecule has 1 unspecified atom stereocenters. The zero-order valence-corrected chi connectivity index (χ0v) is 8.49. The molecule has 0 fully saturated rings. The lowest BCUT2D eigenvalue weighted by Gasteiger charge is -2.07. The molecule has 0 aromatic carbocycles. The molecule has 1 N–H and O–H groups in total. The monoisotopic (exact) mass is 192 g/mol. The molecule has 1 heterocycles. The second kappa shape index (κ2) is 6.22. The minimum Gasteiger partial charge on any atom is -0.467 e. The van der Waals surface area contributed by atoms with Crippen LogP contribution in [0.4, 0.5) is 0 Å². The molecule has 0 aliphatic heterocycles. The van der Waals surface area contributed by atoms with Gasteiger partial charge in [-0.3, -0.25) is 5.32 Å². The first kappa shape index (κ1) is 10.8. The van der Waals surface area contributed by atoms with Gasteiger partial charge in [-0.2, -0.15) is 5.26 Å². The molecule has 0 bridgehead atoms. The van der Waals surface area contributed by atoms with Gasteiger partial charge < -0.3 is 4.42 Å². The van der Waals surface area contributed by atoms with Crippen LogP contribution in [0.2, 0.25) is 0 Å². The number of nitriles is 1. The highest BCUT2D eigenvalue weighted by atomic mass is 16.3. The molecule has 0 spiro atoms. The van der Waals surface area contributed by atoms with Crippen molar-refractivity contribution in [3.05, 3.63) is 24.2 Å². The van der Waals surface area contributed by atoms with Crippen LogP contribution in [0.1, 0.15) is 38.0 Å². The summed E-state index contributed by atoms with van der Waals surface area (Å²) in [4.78, 5) is 0. The fourth-order valence-electron chi connectivity index (χ4n) is 1.29. The number of furan rings is 1. The molecule has 76 valence electrons. The highest BCUT2D eigenvalue weighted by molar-refractivity contribution is 5.12. The lowest BCUT2D eigenvalue weighted by atomic mass is 10.2. The molecule has 14 heavy (non-hydrogen) atoms. The summed E-state index contributed by atoms with van der Waals surface area (Å²) in [6, 6.07) is 5.49. The zero-order valence-electron chi connectivity index (χ0n) is 8.49. The van der Waals surface area contributed by atoms with E-state index < -0.39 is 0 Å². The highest BCUT2D eigenvalue weighted by Crippen LogP contribution is 2.11. The van der Waals surface area contributed by atoms with Crippen LogP contribution in [0, 0.1) is 11.3 Å². The van der Waals surface area contributed by atoms with Gasteiger partial charge in [0.25, 0.3) is 0 Å². The van der Waals surface area contributed by atoms with Gasteiger partial charge in [-0.15, -0.1) is 0 Å². The Kier molecular flexibility index (Phi) is 4.81. The lowest BCUT2D eigenvalue weighted by Crippen LogP contribution is -2.20. The van der Waals surface area contributed by atoms with E-state index >= 15 is 0 Å². The zero-order chi connectivity index (χ0) is 10.2. The normalized spacial score (nSPS) is 12.3. The Morgan fingerprint density at radius 3 is 3.00 bits per heavy atom. The smallest absolute Gasteiger partial charge is 0.154 e. The van der Waals surface area contributed by atoms with Crippen LogP contribution in [0.25, 0.3) is 0 Å². The van der Waals surface area contributed by atoms with Gasteiger partial charge >= 0.3 is 0 Å². The minimum absolute atomic E-state index is 0.304. The van der Waals surface area contributed by atoms with Crippen LogP contribution in [0.15, 0.2) is 22.8 Å². The van der Waals surface area contributed by atoms with Crippen LogP contribution in [-0.4, -0.2) is 6.54 Å². The minimum atomic E-state index is -0.304. The molecule has 0 aliphatic carbocycles. The summed E-state index contributed by atoms with van der Waals surface area (Å²) >= 11 is 0. The molecule has 1 atom stereocenters. The second-order valence-corrected chi connectivity index (χ2v) is 3.24. The maximum Gasteiger partial charge on any atom is 0.154 e. The van der Waals surface area contributed by atoms with Crippen LogP contribution in [0.3, 0.4) is 0 Å². The molecule has 0 amide bonds. The van der Waals surface area contributed by atoms with Crippen molar-refractivity contribution in [2.45, 2.75) is 32.2 Å². The standard InChI is InChI=1S/C11H16N2O/c1-2-3-4-7-13-10(9-12)11-6-5-8-14-11/h5-6,8,10,13H,2-4,7H2,1H3. The molecule has 3 heteroatoms. The van der Waals surface area contributed by atoms with Crippen molar-refractivity contribution in [2.75, 3.05) is 6.54 Å². The van der Waals surface area contributed by atoms with E-state index in [1.165, 1.54) is 12.8 Å². The number of nitrogens with zero attached hydrogens (tertiary/aromatic N) is 1. The van der Waals surface area contributed by atoms with Gasteiger partial charge in [-0.25, -0.2) is 0 Å². The summed E-state index contributed by atoms with van der Waals surface area (Å²) in [5, 5.41) is 12.0. The van der Waals surface area contributed by atoms with Gasteiger partial charge in [0, 0.05) is 0 Å². The van der Waals surface area contributed by atoms with Crippen LogP contribution >= 0.6 is 0 Å². The lowest BCUT2D eigenvalue weighted by molar-refractivity contribution is 0.453. The maximum absolute atomic E-state index is 8.88. The third-order valence-corrected chi connectivity index (χ3v) is 2.09. The summed E-state index contributed by atoms with van der Waals surface area (Å²) in [6.07, 6.45) is 5.09. The Balaban J connectivity index is 2.31. The molecule has 1 aromatic heterocycles. The molecule has 1 rings (SSSR count). The quantitative estimate of drug-likeness (QED) is 0.705. The molecular formula is C11H16N2O. The van der Waals surface area contributed by atoms with Crippen molar-refractivity contribution >= 4 is 0 Å². The Labute approximate surface area is 84.7 Å². The van der Waals surface area contributed by atoms with Gasteiger partial charge in [0.2, 0.25) is 0 Å². The van der Waals surface area contributed by atoms with E-state index in [2.05, 4.69) is 18.3 Å². The Hall–Kier alpha value is -1.27. The van der Waals surface area contributed by atoms with Gasteiger partial charge in [0.15, 0.2) is 6.04 Å². The summed E-state index contributed by atoms with van der Waals surface area (Å²) in [5.41, 5.74) is 0. The van der Waals surface area contributed by atoms with Gasteiger partial charge in [0.1, 0.15) is 5.76 Å². The Morgan fingerprint density at radius 1 is 1.57 bits per heavy atom. The molecule has 0 aliphatic rings. The van der Waals surface area contributed by atoms with E-state index in [9.17, 15) is 0 Å². The first-order chi connectivity index (χ1) is 6.88. The van der Waals surface area contributed by atoms with Gasteiger partial charge in [0.05, 0.1) is 12.3 Å². The molecule has 0 radical (unpaired) electrons. The van der Waals surface area contributed by atoms with E-state index in [0.717, 1.165) is 13.0 Å². The van der Waals surface area contributed by atoms with Crippen LogP contribution < -0.4 is 5.32 Å².